The molecule has 0 spiro atoms. The monoisotopic (exact) mass is 283 g/mol. The molecule has 0 heterocycles. The SMILES string of the molecule is O=C(NC1CCCc2ccccc21)c1ccc(O)cc1O. The summed E-state index contributed by atoms with van der Waals surface area (Å²) in [6.07, 6.45) is 2.96. The van der Waals surface area contributed by atoms with Crippen molar-refractivity contribution in [2.24, 2.45) is 0 Å². The van der Waals surface area contributed by atoms with Crippen LogP contribution in [0, 0.1) is 0 Å². The fourth-order valence-electron chi connectivity index (χ4n) is 2.85. The number of hydrogen-bond acceptors (Lipinski definition) is 3. The molecule has 0 fully saturated rings. The van der Waals surface area contributed by atoms with E-state index >= 15 is 0 Å². The van der Waals surface area contributed by atoms with Crippen molar-refractivity contribution >= 4 is 5.91 Å². The topological polar surface area (TPSA) is 69.6 Å². The molecule has 0 saturated heterocycles. The largest absolute Gasteiger partial charge is 0.508 e. The van der Waals surface area contributed by atoms with Gasteiger partial charge < -0.3 is 15.5 Å². The molecular formula is C17H17NO3. The number of aromatic hydroxyl groups is 2. The first-order chi connectivity index (χ1) is 10.1. The number of phenolic OH excluding ortho intramolecular Hbond substituents is 2. The Kier molecular flexibility index (Phi) is 3.52. The molecule has 0 aliphatic heterocycles. The summed E-state index contributed by atoms with van der Waals surface area (Å²) in [6, 6.07) is 12.1. The predicted octanol–water partition coefficient (Wildman–Crippen LogP) is 2.91. The highest BCUT2D eigenvalue weighted by atomic mass is 16.3. The zero-order valence-corrected chi connectivity index (χ0v) is 11.5. The standard InChI is InChI=1S/C17H17NO3/c19-12-8-9-14(16(20)10-12)17(21)18-15-7-3-5-11-4-1-2-6-13(11)15/h1-2,4,6,8-10,15,19-20H,3,5,7H2,(H,18,21). The van der Waals surface area contributed by atoms with Crippen LogP contribution in [0.25, 0.3) is 0 Å². The Labute approximate surface area is 123 Å². The second-order valence-electron chi connectivity index (χ2n) is 5.32. The van der Waals surface area contributed by atoms with Gasteiger partial charge in [-0.1, -0.05) is 24.3 Å². The average Bonchev–Trinajstić information content (AvgIpc) is 2.47. The highest BCUT2D eigenvalue weighted by Gasteiger charge is 2.22. The minimum atomic E-state index is -0.325. The molecule has 3 N–H and O–H groups in total. The van der Waals surface area contributed by atoms with E-state index in [1.165, 1.54) is 23.8 Å². The molecule has 3 rings (SSSR count). The van der Waals surface area contributed by atoms with Crippen LogP contribution in [0.1, 0.15) is 40.4 Å². The van der Waals surface area contributed by atoms with E-state index in [-0.39, 0.29) is 29.0 Å². The summed E-state index contributed by atoms with van der Waals surface area (Å²) < 4.78 is 0. The van der Waals surface area contributed by atoms with Gasteiger partial charge in [0, 0.05) is 6.07 Å². The summed E-state index contributed by atoms with van der Waals surface area (Å²) in [6.45, 7) is 0. The molecule has 1 aliphatic carbocycles. The number of carbonyl (C=O) groups excluding carboxylic acids is 1. The van der Waals surface area contributed by atoms with Crippen LogP contribution in [-0.4, -0.2) is 16.1 Å². The van der Waals surface area contributed by atoms with Crippen molar-refractivity contribution < 1.29 is 15.0 Å². The third kappa shape index (κ3) is 2.70. The fourth-order valence-corrected chi connectivity index (χ4v) is 2.85. The number of amides is 1. The molecule has 1 amide bonds. The molecule has 1 aliphatic rings. The van der Waals surface area contributed by atoms with E-state index in [4.69, 9.17) is 0 Å². The van der Waals surface area contributed by atoms with Gasteiger partial charge in [0.05, 0.1) is 11.6 Å². The molecule has 4 heteroatoms. The Morgan fingerprint density at radius 1 is 1.14 bits per heavy atom. The summed E-state index contributed by atoms with van der Waals surface area (Å²) in [5.41, 5.74) is 2.59. The van der Waals surface area contributed by atoms with Crippen LogP contribution in [-0.2, 0) is 6.42 Å². The Balaban J connectivity index is 1.83. The van der Waals surface area contributed by atoms with Crippen molar-refractivity contribution in [1.82, 2.24) is 5.32 Å². The molecule has 0 bridgehead atoms. The Morgan fingerprint density at radius 3 is 2.76 bits per heavy atom. The zero-order valence-electron chi connectivity index (χ0n) is 11.5. The van der Waals surface area contributed by atoms with Crippen molar-refractivity contribution in [2.45, 2.75) is 25.3 Å². The van der Waals surface area contributed by atoms with Gasteiger partial charge in [-0.15, -0.1) is 0 Å². The van der Waals surface area contributed by atoms with Gasteiger partial charge in [-0.25, -0.2) is 0 Å². The number of aryl methyl sites for hydroxylation is 1. The number of phenols is 2. The van der Waals surface area contributed by atoms with Gasteiger partial charge in [-0.3, -0.25) is 4.79 Å². The minimum Gasteiger partial charge on any atom is -0.508 e. The lowest BCUT2D eigenvalue weighted by Gasteiger charge is -2.26. The third-order valence-electron chi connectivity index (χ3n) is 3.90. The smallest absolute Gasteiger partial charge is 0.255 e. The summed E-state index contributed by atoms with van der Waals surface area (Å²) >= 11 is 0. The quantitative estimate of drug-likeness (QED) is 0.793. The molecule has 21 heavy (non-hydrogen) atoms. The maximum absolute atomic E-state index is 12.3. The van der Waals surface area contributed by atoms with Gasteiger partial charge in [0.15, 0.2) is 0 Å². The highest BCUT2D eigenvalue weighted by Crippen LogP contribution is 2.30. The van der Waals surface area contributed by atoms with Crippen LogP contribution in [0.3, 0.4) is 0 Å². The van der Waals surface area contributed by atoms with Gasteiger partial charge in [0.1, 0.15) is 11.5 Å². The number of benzene rings is 2. The van der Waals surface area contributed by atoms with E-state index < -0.39 is 0 Å². The summed E-state index contributed by atoms with van der Waals surface area (Å²) in [7, 11) is 0. The van der Waals surface area contributed by atoms with Gasteiger partial charge in [0.2, 0.25) is 0 Å². The van der Waals surface area contributed by atoms with Crippen LogP contribution < -0.4 is 5.32 Å². The predicted molar refractivity (Wildman–Crippen MR) is 79.4 cm³/mol. The molecule has 4 nitrogen and oxygen atoms in total. The van der Waals surface area contributed by atoms with Crippen molar-refractivity contribution in [3.05, 3.63) is 59.2 Å². The van der Waals surface area contributed by atoms with E-state index in [0.29, 0.717) is 0 Å². The van der Waals surface area contributed by atoms with Gasteiger partial charge in [0.25, 0.3) is 5.91 Å². The minimum absolute atomic E-state index is 0.0318. The fraction of sp³-hybridized carbons (Fsp3) is 0.235. The first kappa shape index (κ1) is 13.5. The number of carbonyl (C=O) groups is 1. The van der Waals surface area contributed by atoms with Crippen LogP contribution in [0.15, 0.2) is 42.5 Å². The first-order valence-electron chi connectivity index (χ1n) is 7.06. The molecule has 2 aromatic carbocycles. The maximum atomic E-state index is 12.3. The molecule has 0 radical (unpaired) electrons. The third-order valence-corrected chi connectivity index (χ3v) is 3.90. The molecule has 2 aromatic rings. The van der Waals surface area contributed by atoms with Crippen LogP contribution in [0.4, 0.5) is 0 Å². The second-order valence-corrected chi connectivity index (χ2v) is 5.32. The molecule has 0 saturated carbocycles. The first-order valence-corrected chi connectivity index (χ1v) is 7.06. The highest BCUT2D eigenvalue weighted by molar-refractivity contribution is 5.97. The summed E-state index contributed by atoms with van der Waals surface area (Å²) in [5.74, 6) is -0.599. The van der Waals surface area contributed by atoms with Crippen LogP contribution >= 0.6 is 0 Å². The van der Waals surface area contributed by atoms with Crippen molar-refractivity contribution in [1.29, 1.82) is 0 Å². The van der Waals surface area contributed by atoms with Crippen molar-refractivity contribution in [3.63, 3.8) is 0 Å². The van der Waals surface area contributed by atoms with Crippen molar-refractivity contribution in [2.75, 3.05) is 0 Å². The van der Waals surface area contributed by atoms with E-state index in [1.807, 2.05) is 18.2 Å². The van der Waals surface area contributed by atoms with Gasteiger partial charge >= 0.3 is 0 Å². The lowest BCUT2D eigenvalue weighted by Crippen LogP contribution is -2.31. The van der Waals surface area contributed by atoms with Gasteiger partial charge in [-0.05, 0) is 42.5 Å². The summed E-state index contributed by atoms with van der Waals surface area (Å²) in [4.78, 5) is 12.3. The lowest BCUT2D eigenvalue weighted by atomic mass is 9.87. The molecular weight excluding hydrogens is 266 g/mol. The van der Waals surface area contributed by atoms with E-state index in [9.17, 15) is 15.0 Å². The van der Waals surface area contributed by atoms with E-state index in [0.717, 1.165) is 24.8 Å². The number of hydrogen-bond donors (Lipinski definition) is 3. The Hall–Kier alpha value is -2.49. The molecule has 0 aromatic heterocycles. The van der Waals surface area contributed by atoms with Gasteiger partial charge in [-0.2, -0.15) is 0 Å². The zero-order chi connectivity index (χ0) is 14.8. The van der Waals surface area contributed by atoms with Crippen LogP contribution in [0.2, 0.25) is 0 Å². The number of fused-ring (bicyclic) bond motifs is 1. The van der Waals surface area contributed by atoms with E-state index in [1.54, 1.807) is 0 Å². The number of nitrogens with one attached hydrogen (secondary N) is 1. The van der Waals surface area contributed by atoms with E-state index in [2.05, 4.69) is 11.4 Å². The average molecular weight is 283 g/mol. The normalized spacial score (nSPS) is 17.0. The lowest BCUT2D eigenvalue weighted by molar-refractivity contribution is 0.0930. The van der Waals surface area contributed by atoms with Crippen LogP contribution in [0.5, 0.6) is 11.5 Å². The molecule has 1 atom stereocenters. The Bertz CT molecular complexity index is 681. The molecule has 1 unspecified atom stereocenters. The Morgan fingerprint density at radius 2 is 1.95 bits per heavy atom. The van der Waals surface area contributed by atoms with Crippen molar-refractivity contribution in [3.8, 4) is 11.5 Å². The summed E-state index contributed by atoms with van der Waals surface area (Å²) in [5, 5.41) is 22.0. The second kappa shape index (κ2) is 5.48. The molecule has 108 valence electrons. The number of rotatable bonds is 2. The maximum Gasteiger partial charge on any atom is 0.255 e.